The number of nitrogens with zero attached hydrogens (tertiary/aromatic N) is 3. The van der Waals surface area contributed by atoms with Gasteiger partial charge in [-0.2, -0.15) is 0 Å². The Morgan fingerprint density at radius 3 is 2.71 bits per heavy atom. The van der Waals surface area contributed by atoms with Crippen LogP contribution in [0.1, 0.15) is 15.4 Å². The minimum atomic E-state index is -0.143. The van der Waals surface area contributed by atoms with Crippen molar-refractivity contribution in [3.63, 3.8) is 0 Å². The standard InChI is InChI=1S/C20H21ClN4OS2/c1-13-18(28-20(22-13)17-4-3-11-27-17)19(26)23-15-12-14(21)5-6-16(15)25-9-7-24(2)8-10-25/h3-6,11-12H,7-10H2,1-2H3,(H,23,26). The lowest BCUT2D eigenvalue weighted by Gasteiger charge is -2.35. The Morgan fingerprint density at radius 2 is 2.00 bits per heavy atom. The average molecular weight is 433 g/mol. The van der Waals surface area contributed by atoms with Gasteiger partial charge >= 0.3 is 0 Å². The van der Waals surface area contributed by atoms with Crippen molar-refractivity contribution in [3.05, 3.63) is 51.3 Å². The highest BCUT2D eigenvalue weighted by molar-refractivity contribution is 7.22. The van der Waals surface area contributed by atoms with Gasteiger partial charge in [-0.15, -0.1) is 22.7 Å². The molecule has 0 radical (unpaired) electrons. The molecule has 8 heteroatoms. The summed E-state index contributed by atoms with van der Waals surface area (Å²) in [5, 5.41) is 6.57. The van der Waals surface area contributed by atoms with E-state index in [1.165, 1.54) is 11.3 Å². The van der Waals surface area contributed by atoms with E-state index in [0.29, 0.717) is 9.90 Å². The van der Waals surface area contributed by atoms with E-state index < -0.39 is 0 Å². The van der Waals surface area contributed by atoms with Crippen LogP contribution in [0.3, 0.4) is 0 Å². The van der Waals surface area contributed by atoms with Crippen molar-refractivity contribution in [3.8, 4) is 9.88 Å². The van der Waals surface area contributed by atoms with Crippen molar-refractivity contribution in [1.82, 2.24) is 9.88 Å². The van der Waals surface area contributed by atoms with Gasteiger partial charge in [-0.05, 0) is 43.6 Å². The van der Waals surface area contributed by atoms with Gasteiger partial charge in [0.1, 0.15) is 9.88 Å². The van der Waals surface area contributed by atoms with Crippen LogP contribution in [0.15, 0.2) is 35.7 Å². The molecule has 0 spiro atoms. The van der Waals surface area contributed by atoms with E-state index in [1.807, 2.05) is 42.6 Å². The number of carbonyl (C=O) groups is 1. The highest BCUT2D eigenvalue weighted by Crippen LogP contribution is 2.34. The van der Waals surface area contributed by atoms with Crippen LogP contribution in [0.4, 0.5) is 11.4 Å². The van der Waals surface area contributed by atoms with Gasteiger partial charge in [0.2, 0.25) is 0 Å². The second-order valence-corrected chi connectivity index (χ2v) is 9.20. The van der Waals surface area contributed by atoms with Crippen LogP contribution in [0.25, 0.3) is 9.88 Å². The molecule has 2 aromatic heterocycles. The summed E-state index contributed by atoms with van der Waals surface area (Å²) in [4.78, 5) is 23.9. The summed E-state index contributed by atoms with van der Waals surface area (Å²) in [5.41, 5.74) is 2.49. The number of anilines is 2. The number of nitrogens with one attached hydrogen (secondary N) is 1. The van der Waals surface area contributed by atoms with E-state index in [4.69, 9.17) is 11.6 Å². The van der Waals surface area contributed by atoms with Gasteiger partial charge in [0.25, 0.3) is 5.91 Å². The second-order valence-electron chi connectivity index (χ2n) is 6.82. The molecule has 0 unspecified atom stereocenters. The highest BCUT2D eigenvalue weighted by atomic mass is 35.5. The third kappa shape index (κ3) is 4.07. The van der Waals surface area contributed by atoms with E-state index in [9.17, 15) is 4.79 Å². The number of thiophene rings is 1. The fourth-order valence-electron chi connectivity index (χ4n) is 3.22. The Kier molecular flexibility index (Phi) is 5.68. The first-order chi connectivity index (χ1) is 13.5. The number of hydrogen-bond acceptors (Lipinski definition) is 6. The normalized spacial score (nSPS) is 15.0. The summed E-state index contributed by atoms with van der Waals surface area (Å²) in [6, 6.07) is 9.69. The molecule has 28 heavy (non-hydrogen) atoms. The average Bonchev–Trinajstić information content (AvgIpc) is 3.32. The fourth-order valence-corrected chi connectivity index (χ4v) is 5.15. The Bertz CT molecular complexity index is 978. The van der Waals surface area contributed by atoms with Gasteiger partial charge in [-0.3, -0.25) is 4.79 Å². The third-order valence-corrected chi connectivity index (χ3v) is 7.22. The molecule has 1 aromatic carbocycles. The van der Waals surface area contributed by atoms with Crippen LogP contribution in [0.2, 0.25) is 5.02 Å². The molecule has 0 bridgehead atoms. The summed E-state index contributed by atoms with van der Waals surface area (Å²) in [7, 11) is 2.12. The van der Waals surface area contributed by atoms with Crippen molar-refractivity contribution in [1.29, 1.82) is 0 Å². The molecule has 1 aliphatic rings. The lowest BCUT2D eigenvalue weighted by atomic mass is 10.2. The summed E-state index contributed by atoms with van der Waals surface area (Å²) < 4.78 is 0. The number of hydrogen-bond donors (Lipinski definition) is 1. The van der Waals surface area contributed by atoms with Gasteiger partial charge in [0.15, 0.2) is 0 Å². The molecule has 1 aliphatic heterocycles. The number of aryl methyl sites for hydroxylation is 1. The number of piperazine rings is 1. The van der Waals surface area contributed by atoms with Crippen LogP contribution >= 0.6 is 34.3 Å². The van der Waals surface area contributed by atoms with Crippen molar-refractivity contribution in [2.75, 3.05) is 43.4 Å². The number of thiazole rings is 1. The lowest BCUT2D eigenvalue weighted by molar-refractivity contribution is 0.103. The van der Waals surface area contributed by atoms with Crippen LogP contribution in [0, 0.1) is 6.92 Å². The Hall–Kier alpha value is -1.93. The third-order valence-electron chi connectivity index (χ3n) is 4.79. The number of amides is 1. The van der Waals surface area contributed by atoms with Crippen molar-refractivity contribution < 1.29 is 4.79 Å². The molecular formula is C20H21ClN4OS2. The largest absolute Gasteiger partial charge is 0.367 e. The van der Waals surface area contributed by atoms with E-state index in [1.54, 1.807) is 11.3 Å². The molecular weight excluding hydrogens is 412 g/mol. The Morgan fingerprint density at radius 1 is 1.21 bits per heavy atom. The Labute approximate surface area is 177 Å². The maximum absolute atomic E-state index is 13.0. The van der Waals surface area contributed by atoms with E-state index >= 15 is 0 Å². The molecule has 1 saturated heterocycles. The first-order valence-corrected chi connectivity index (χ1v) is 11.1. The summed E-state index contributed by atoms with van der Waals surface area (Å²) in [6.07, 6.45) is 0. The first-order valence-electron chi connectivity index (χ1n) is 9.07. The van der Waals surface area contributed by atoms with Gasteiger partial charge in [0, 0.05) is 31.2 Å². The smallest absolute Gasteiger partial charge is 0.267 e. The number of likely N-dealkylation sites (N-methyl/N-ethyl adjacent to an activating group) is 1. The molecule has 5 nitrogen and oxygen atoms in total. The number of aromatic nitrogens is 1. The van der Waals surface area contributed by atoms with Crippen LogP contribution in [0.5, 0.6) is 0 Å². The van der Waals surface area contributed by atoms with E-state index in [0.717, 1.165) is 53.1 Å². The zero-order chi connectivity index (χ0) is 19.7. The van der Waals surface area contributed by atoms with Crippen LogP contribution in [-0.2, 0) is 0 Å². The molecule has 0 saturated carbocycles. The van der Waals surface area contributed by atoms with E-state index in [-0.39, 0.29) is 5.91 Å². The minimum absolute atomic E-state index is 0.143. The highest BCUT2D eigenvalue weighted by Gasteiger charge is 2.21. The number of benzene rings is 1. The SMILES string of the molecule is Cc1nc(-c2cccs2)sc1C(=O)Nc1cc(Cl)ccc1N1CCN(C)CC1. The quantitative estimate of drug-likeness (QED) is 0.641. The first kappa shape index (κ1) is 19.4. The number of halogens is 1. The molecule has 1 amide bonds. The molecule has 146 valence electrons. The van der Waals surface area contributed by atoms with Crippen molar-refractivity contribution in [2.45, 2.75) is 6.92 Å². The number of carbonyl (C=O) groups excluding carboxylic acids is 1. The van der Waals surface area contributed by atoms with Crippen LogP contribution < -0.4 is 10.2 Å². The molecule has 4 rings (SSSR count). The van der Waals surface area contributed by atoms with Gasteiger partial charge in [-0.1, -0.05) is 17.7 Å². The minimum Gasteiger partial charge on any atom is -0.367 e. The maximum Gasteiger partial charge on any atom is 0.267 e. The zero-order valence-electron chi connectivity index (χ0n) is 15.7. The monoisotopic (exact) mass is 432 g/mol. The van der Waals surface area contributed by atoms with Crippen molar-refractivity contribution in [2.24, 2.45) is 0 Å². The van der Waals surface area contributed by atoms with E-state index in [2.05, 4.69) is 27.1 Å². The van der Waals surface area contributed by atoms with Gasteiger partial charge < -0.3 is 15.1 Å². The molecule has 1 fully saturated rings. The van der Waals surface area contributed by atoms with Crippen LogP contribution in [-0.4, -0.2) is 49.0 Å². The second kappa shape index (κ2) is 8.21. The fraction of sp³-hybridized carbons (Fsp3) is 0.300. The summed E-state index contributed by atoms with van der Waals surface area (Å²) >= 11 is 9.27. The molecule has 1 N–H and O–H groups in total. The van der Waals surface area contributed by atoms with Gasteiger partial charge in [0.05, 0.1) is 21.9 Å². The topological polar surface area (TPSA) is 48.5 Å². The molecule has 0 aliphatic carbocycles. The Balaban J connectivity index is 1.59. The van der Waals surface area contributed by atoms with Crippen molar-refractivity contribution >= 4 is 51.6 Å². The zero-order valence-corrected chi connectivity index (χ0v) is 18.1. The lowest BCUT2D eigenvalue weighted by Crippen LogP contribution is -2.44. The number of rotatable bonds is 4. The summed E-state index contributed by atoms with van der Waals surface area (Å²) in [5.74, 6) is -0.143. The molecule has 0 atom stereocenters. The summed E-state index contributed by atoms with van der Waals surface area (Å²) in [6.45, 7) is 5.70. The molecule has 3 aromatic rings. The van der Waals surface area contributed by atoms with Gasteiger partial charge in [-0.25, -0.2) is 4.98 Å². The predicted octanol–water partition coefficient (Wildman–Crippen LogP) is 4.84. The maximum atomic E-state index is 13.0. The molecule has 3 heterocycles. The predicted molar refractivity (Wildman–Crippen MR) is 119 cm³/mol.